The van der Waals surface area contributed by atoms with Gasteiger partial charge in [-0.2, -0.15) is 0 Å². The van der Waals surface area contributed by atoms with Crippen molar-refractivity contribution in [1.29, 1.82) is 0 Å². The van der Waals surface area contributed by atoms with Gasteiger partial charge in [0, 0.05) is 6.42 Å². The summed E-state index contributed by atoms with van der Waals surface area (Å²) in [5.74, 6) is -0.956. The quantitative estimate of drug-likeness (QED) is 0.146. The number of aliphatic hydroxyl groups is 1. The number of ether oxygens (including phenoxy) is 3. The third-order valence-corrected chi connectivity index (χ3v) is 4.88. The molecule has 0 saturated heterocycles. The second-order valence-corrected chi connectivity index (χ2v) is 7.63. The molecule has 0 saturated carbocycles. The fraction of sp³-hybridized carbons (Fsp3) is 0.913. The number of hydrogen-bond acceptors (Lipinski definition) is 6. The van der Waals surface area contributed by atoms with Gasteiger partial charge < -0.3 is 19.3 Å². The third kappa shape index (κ3) is 23.0. The molecule has 0 aliphatic rings. The van der Waals surface area contributed by atoms with Crippen molar-refractivity contribution in [3.8, 4) is 0 Å². The third-order valence-electron chi connectivity index (χ3n) is 4.88. The molecule has 0 atom stereocenters. The molecule has 0 fully saturated rings. The number of carbonyl (C=O) groups excluding carboxylic acids is 2. The molecule has 0 aliphatic carbocycles. The van der Waals surface area contributed by atoms with Crippen molar-refractivity contribution >= 4 is 11.9 Å². The Morgan fingerprint density at radius 1 is 0.655 bits per heavy atom. The van der Waals surface area contributed by atoms with Crippen LogP contribution in [0.3, 0.4) is 0 Å². The van der Waals surface area contributed by atoms with Crippen LogP contribution in [0, 0.1) is 0 Å². The lowest BCUT2D eigenvalue weighted by molar-refractivity contribution is -0.170. The van der Waals surface area contributed by atoms with Gasteiger partial charge in [0.05, 0.1) is 13.2 Å². The minimum absolute atomic E-state index is 0.0775. The lowest BCUT2D eigenvalue weighted by atomic mass is 10.0. The van der Waals surface area contributed by atoms with Crippen molar-refractivity contribution in [3.63, 3.8) is 0 Å². The molecule has 0 bridgehead atoms. The topological polar surface area (TPSA) is 82.1 Å². The maximum absolute atomic E-state index is 11.5. The normalized spacial score (nSPS) is 10.8. The molecule has 6 nitrogen and oxygen atoms in total. The molecular formula is C23H44O6. The average Bonchev–Trinajstić information content (AvgIpc) is 2.71. The molecule has 0 rings (SSSR count). The summed E-state index contributed by atoms with van der Waals surface area (Å²) in [6.45, 7) is 1.56. The van der Waals surface area contributed by atoms with Crippen LogP contribution in [0.4, 0.5) is 0 Å². The van der Waals surface area contributed by atoms with Crippen LogP contribution in [0.1, 0.15) is 110 Å². The van der Waals surface area contributed by atoms with Gasteiger partial charge >= 0.3 is 11.9 Å². The summed E-state index contributed by atoms with van der Waals surface area (Å²) in [6.07, 6.45) is 19.6. The van der Waals surface area contributed by atoms with Crippen molar-refractivity contribution in [2.45, 2.75) is 110 Å². The predicted octanol–water partition coefficient (Wildman–Crippen LogP) is 5.30. The van der Waals surface area contributed by atoms with Gasteiger partial charge in [0.1, 0.15) is 6.61 Å². The first-order chi connectivity index (χ1) is 14.2. The molecule has 29 heavy (non-hydrogen) atoms. The van der Waals surface area contributed by atoms with E-state index in [2.05, 4.69) is 6.92 Å². The van der Waals surface area contributed by atoms with Crippen LogP contribution in [0.25, 0.3) is 0 Å². The molecule has 0 amide bonds. The second-order valence-electron chi connectivity index (χ2n) is 7.63. The summed E-state index contributed by atoms with van der Waals surface area (Å²) in [7, 11) is 0. The van der Waals surface area contributed by atoms with E-state index in [0.717, 1.165) is 19.3 Å². The fourth-order valence-electron chi connectivity index (χ4n) is 3.14. The number of hydrogen-bond donors (Lipinski definition) is 1. The van der Waals surface area contributed by atoms with E-state index in [4.69, 9.17) is 19.3 Å². The Morgan fingerprint density at radius 2 is 1.10 bits per heavy atom. The Labute approximate surface area is 177 Å². The summed E-state index contributed by atoms with van der Waals surface area (Å²) in [6, 6.07) is 0. The molecule has 0 spiro atoms. The van der Waals surface area contributed by atoms with Crippen LogP contribution in [-0.2, 0) is 23.8 Å². The van der Waals surface area contributed by atoms with E-state index in [9.17, 15) is 9.59 Å². The van der Waals surface area contributed by atoms with Crippen molar-refractivity contribution in [3.05, 3.63) is 0 Å². The van der Waals surface area contributed by atoms with Crippen LogP contribution in [0.15, 0.2) is 0 Å². The summed E-state index contributed by atoms with van der Waals surface area (Å²) in [5, 5.41) is 8.51. The van der Waals surface area contributed by atoms with Crippen molar-refractivity contribution in [1.82, 2.24) is 0 Å². The molecule has 0 aromatic carbocycles. The van der Waals surface area contributed by atoms with Crippen molar-refractivity contribution < 1.29 is 28.9 Å². The van der Waals surface area contributed by atoms with Crippen molar-refractivity contribution in [2.24, 2.45) is 0 Å². The highest BCUT2D eigenvalue weighted by Crippen LogP contribution is 2.13. The number of esters is 2. The molecule has 0 unspecified atom stereocenters. The highest BCUT2D eigenvalue weighted by Gasteiger charge is 2.06. The van der Waals surface area contributed by atoms with Crippen molar-refractivity contribution in [2.75, 3.05) is 26.6 Å². The first kappa shape index (κ1) is 27.9. The SMILES string of the molecule is CCCCCCCCCCCCCCCCCC(=O)OCOC(=O)COCCO. The van der Waals surface area contributed by atoms with E-state index in [0.29, 0.717) is 6.42 Å². The molecule has 0 aromatic rings. The van der Waals surface area contributed by atoms with Gasteiger partial charge in [0.15, 0.2) is 0 Å². The van der Waals surface area contributed by atoms with Gasteiger partial charge in [-0.15, -0.1) is 0 Å². The zero-order chi connectivity index (χ0) is 21.4. The standard InChI is InChI=1S/C23H44O6/c1-2-3-4-5-6-7-8-9-10-11-12-13-14-15-16-17-22(25)28-21-29-23(26)20-27-19-18-24/h24H,2-21H2,1H3. The van der Waals surface area contributed by atoms with E-state index >= 15 is 0 Å². The molecule has 1 N–H and O–H groups in total. The Balaban J connectivity index is 3.22. The van der Waals surface area contributed by atoms with Gasteiger partial charge in [-0.05, 0) is 6.42 Å². The Kier molecular flexibility index (Phi) is 22.2. The minimum atomic E-state index is -0.613. The fourth-order valence-corrected chi connectivity index (χ4v) is 3.14. The molecule has 0 aliphatic heterocycles. The van der Waals surface area contributed by atoms with Crippen LogP contribution < -0.4 is 0 Å². The number of carbonyl (C=O) groups is 2. The highest BCUT2D eigenvalue weighted by molar-refractivity contribution is 5.71. The van der Waals surface area contributed by atoms with E-state index < -0.39 is 5.97 Å². The van der Waals surface area contributed by atoms with Crippen LogP contribution in [-0.4, -0.2) is 43.7 Å². The number of aliphatic hydroxyl groups excluding tert-OH is 1. The number of rotatable bonds is 22. The van der Waals surface area contributed by atoms with Crippen LogP contribution in [0.2, 0.25) is 0 Å². The van der Waals surface area contributed by atoms with Crippen LogP contribution in [0.5, 0.6) is 0 Å². The van der Waals surface area contributed by atoms with Gasteiger partial charge in [0.25, 0.3) is 0 Å². The maximum atomic E-state index is 11.5. The van der Waals surface area contributed by atoms with Gasteiger partial charge in [-0.3, -0.25) is 4.79 Å². The second kappa shape index (κ2) is 23.1. The first-order valence-electron chi connectivity index (χ1n) is 11.7. The summed E-state index contributed by atoms with van der Waals surface area (Å²) in [5.41, 5.74) is 0. The monoisotopic (exact) mass is 416 g/mol. The zero-order valence-electron chi connectivity index (χ0n) is 18.6. The molecule has 0 radical (unpaired) electrons. The maximum Gasteiger partial charge on any atom is 0.334 e. The van der Waals surface area contributed by atoms with E-state index in [1.807, 2.05) is 0 Å². The Morgan fingerprint density at radius 3 is 1.59 bits per heavy atom. The molecule has 172 valence electrons. The summed E-state index contributed by atoms with van der Waals surface area (Å²) < 4.78 is 14.3. The van der Waals surface area contributed by atoms with Gasteiger partial charge in [-0.25, -0.2) is 4.79 Å². The highest BCUT2D eigenvalue weighted by atomic mass is 16.7. The predicted molar refractivity (Wildman–Crippen MR) is 115 cm³/mol. The Hall–Kier alpha value is -1.14. The summed E-state index contributed by atoms with van der Waals surface area (Å²) in [4.78, 5) is 22.7. The zero-order valence-corrected chi connectivity index (χ0v) is 18.6. The molecule has 0 aromatic heterocycles. The van der Waals surface area contributed by atoms with Gasteiger partial charge in [-0.1, -0.05) is 96.8 Å². The van der Waals surface area contributed by atoms with E-state index in [1.165, 1.54) is 77.0 Å². The van der Waals surface area contributed by atoms with Crippen LogP contribution >= 0.6 is 0 Å². The molecule has 6 heteroatoms. The largest absolute Gasteiger partial charge is 0.428 e. The lowest BCUT2D eigenvalue weighted by Gasteiger charge is -2.06. The average molecular weight is 417 g/mol. The van der Waals surface area contributed by atoms with E-state index in [-0.39, 0.29) is 32.6 Å². The minimum Gasteiger partial charge on any atom is -0.428 e. The summed E-state index contributed by atoms with van der Waals surface area (Å²) >= 11 is 0. The Bertz CT molecular complexity index is 372. The smallest absolute Gasteiger partial charge is 0.334 e. The van der Waals surface area contributed by atoms with Gasteiger partial charge in [0.2, 0.25) is 6.79 Å². The molecular weight excluding hydrogens is 372 g/mol. The number of unbranched alkanes of at least 4 members (excludes halogenated alkanes) is 14. The van der Waals surface area contributed by atoms with E-state index in [1.54, 1.807) is 0 Å². The molecule has 0 heterocycles. The lowest BCUT2D eigenvalue weighted by Crippen LogP contribution is -2.17. The first-order valence-corrected chi connectivity index (χ1v) is 11.7.